The number of rotatable bonds is 7. The number of nitro benzene ring substituents is 1. The molecule has 2 aromatic rings. The minimum Gasteiger partial charge on any atom is -0.378 e. The topological polar surface area (TPSA) is 110 Å². The van der Waals surface area contributed by atoms with Gasteiger partial charge in [-0.05, 0) is 55.2 Å². The fourth-order valence-electron chi connectivity index (χ4n) is 3.17. The van der Waals surface area contributed by atoms with E-state index < -0.39 is 14.9 Å². The van der Waals surface area contributed by atoms with Crippen LogP contribution in [0.5, 0.6) is 0 Å². The highest BCUT2D eigenvalue weighted by Gasteiger charge is 2.28. The van der Waals surface area contributed by atoms with E-state index in [2.05, 4.69) is 12.2 Å². The maximum absolute atomic E-state index is 12.7. The first kappa shape index (κ1) is 20.9. The molecule has 0 aromatic heterocycles. The van der Waals surface area contributed by atoms with Crippen molar-refractivity contribution < 1.29 is 18.1 Å². The molecule has 1 saturated heterocycles. The number of Topliss-reactive ketones (excluding diaryl/α,β-unsaturated/α-hetero) is 1. The molecule has 9 heteroatoms. The fourth-order valence-corrected chi connectivity index (χ4v) is 4.64. The van der Waals surface area contributed by atoms with Gasteiger partial charge in [0.2, 0.25) is 10.0 Å². The molecule has 0 radical (unpaired) electrons. The Bertz CT molecular complexity index is 980. The van der Waals surface area contributed by atoms with Crippen molar-refractivity contribution in [3.8, 4) is 0 Å². The highest BCUT2D eigenvalue weighted by molar-refractivity contribution is 7.89. The predicted octanol–water partition coefficient (Wildman–Crippen LogP) is 3.31. The molecule has 0 bridgehead atoms. The van der Waals surface area contributed by atoms with E-state index in [9.17, 15) is 23.3 Å². The van der Waals surface area contributed by atoms with Gasteiger partial charge < -0.3 is 5.32 Å². The van der Waals surface area contributed by atoms with Crippen molar-refractivity contribution in [1.29, 1.82) is 0 Å². The Labute approximate surface area is 169 Å². The van der Waals surface area contributed by atoms with Crippen LogP contribution < -0.4 is 5.32 Å². The Morgan fingerprint density at radius 1 is 1.10 bits per heavy atom. The van der Waals surface area contributed by atoms with E-state index in [4.69, 9.17) is 0 Å². The van der Waals surface area contributed by atoms with E-state index in [0.717, 1.165) is 12.8 Å². The third kappa shape index (κ3) is 4.99. The standard InChI is InChI=1S/C20H23N3O5S/c1-15-10-12-22(13-11-15)29(27,28)19-8-2-16(3-9-19)20(24)14-21-17-4-6-18(7-5-17)23(25)26/h2-9,15,21H,10-14H2,1H3. The van der Waals surface area contributed by atoms with Gasteiger partial charge in [0, 0.05) is 36.5 Å². The number of carbonyl (C=O) groups is 1. The lowest BCUT2D eigenvalue weighted by atomic mass is 10.0. The van der Waals surface area contributed by atoms with Crippen LogP contribution in [0, 0.1) is 16.0 Å². The quantitative estimate of drug-likeness (QED) is 0.420. The van der Waals surface area contributed by atoms with Crippen molar-refractivity contribution in [2.45, 2.75) is 24.7 Å². The lowest BCUT2D eigenvalue weighted by molar-refractivity contribution is -0.384. The summed E-state index contributed by atoms with van der Waals surface area (Å²) >= 11 is 0. The van der Waals surface area contributed by atoms with Gasteiger partial charge in [0.25, 0.3) is 5.69 Å². The number of anilines is 1. The van der Waals surface area contributed by atoms with Crippen molar-refractivity contribution >= 4 is 27.2 Å². The molecule has 0 amide bonds. The number of non-ortho nitro benzene ring substituents is 1. The summed E-state index contributed by atoms with van der Waals surface area (Å²) in [4.78, 5) is 22.7. The van der Waals surface area contributed by atoms with Crippen LogP contribution in [0.1, 0.15) is 30.1 Å². The van der Waals surface area contributed by atoms with Gasteiger partial charge in [0.05, 0.1) is 16.4 Å². The molecule has 154 valence electrons. The number of nitrogens with zero attached hydrogens (tertiary/aromatic N) is 2. The zero-order chi connectivity index (χ0) is 21.0. The predicted molar refractivity (Wildman–Crippen MR) is 110 cm³/mol. The normalized spacial score (nSPS) is 15.8. The molecule has 29 heavy (non-hydrogen) atoms. The average Bonchev–Trinajstić information content (AvgIpc) is 2.72. The molecule has 0 saturated carbocycles. The van der Waals surface area contributed by atoms with E-state index in [0.29, 0.717) is 30.3 Å². The molecule has 0 unspecified atom stereocenters. The van der Waals surface area contributed by atoms with Gasteiger partial charge in [-0.15, -0.1) is 0 Å². The van der Waals surface area contributed by atoms with Gasteiger partial charge in [-0.25, -0.2) is 8.42 Å². The maximum atomic E-state index is 12.7. The van der Waals surface area contributed by atoms with Crippen molar-refractivity contribution in [2.24, 2.45) is 5.92 Å². The second-order valence-electron chi connectivity index (χ2n) is 7.19. The summed E-state index contributed by atoms with van der Waals surface area (Å²) in [6.45, 7) is 3.15. The Kier molecular flexibility index (Phi) is 6.29. The molecule has 1 heterocycles. The minimum absolute atomic E-state index is 0.00603. The number of hydrogen-bond acceptors (Lipinski definition) is 6. The molecule has 0 spiro atoms. The zero-order valence-corrected chi connectivity index (χ0v) is 16.9. The smallest absolute Gasteiger partial charge is 0.269 e. The van der Waals surface area contributed by atoms with Crippen LogP contribution in [-0.2, 0) is 10.0 Å². The molecule has 0 atom stereocenters. The number of nitro groups is 1. The summed E-state index contributed by atoms with van der Waals surface area (Å²) in [5, 5.41) is 13.6. The summed E-state index contributed by atoms with van der Waals surface area (Å²) < 4.78 is 27.0. The molecular formula is C20H23N3O5S. The van der Waals surface area contributed by atoms with Crippen LogP contribution in [0.25, 0.3) is 0 Å². The summed E-state index contributed by atoms with van der Waals surface area (Å²) in [6.07, 6.45) is 1.70. The Morgan fingerprint density at radius 2 is 1.69 bits per heavy atom. The SMILES string of the molecule is CC1CCN(S(=O)(=O)c2ccc(C(=O)CNc3ccc([N+](=O)[O-])cc3)cc2)CC1. The Hall–Kier alpha value is -2.78. The van der Waals surface area contributed by atoms with Gasteiger partial charge >= 0.3 is 0 Å². The first-order valence-electron chi connectivity index (χ1n) is 9.39. The van der Waals surface area contributed by atoms with E-state index in [-0.39, 0.29) is 22.9 Å². The van der Waals surface area contributed by atoms with Crippen LogP contribution in [0.3, 0.4) is 0 Å². The van der Waals surface area contributed by atoms with E-state index in [1.807, 2.05) is 0 Å². The molecule has 1 aliphatic heterocycles. The summed E-state index contributed by atoms with van der Waals surface area (Å²) in [5.74, 6) is 0.323. The van der Waals surface area contributed by atoms with Crippen LogP contribution >= 0.6 is 0 Å². The van der Waals surface area contributed by atoms with Crippen molar-refractivity contribution in [3.05, 3.63) is 64.2 Å². The number of benzene rings is 2. The first-order valence-corrected chi connectivity index (χ1v) is 10.8. The molecule has 3 rings (SSSR count). The number of hydrogen-bond donors (Lipinski definition) is 1. The highest BCUT2D eigenvalue weighted by atomic mass is 32.2. The Balaban J connectivity index is 1.61. The first-order chi connectivity index (χ1) is 13.8. The van der Waals surface area contributed by atoms with Crippen molar-refractivity contribution in [3.63, 3.8) is 0 Å². The number of sulfonamides is 1. The van der Waals surface area contributed by atoms with E-state index in [1.165, 1.54) is 52.8 Å². The fraction of sp³-hybridized carbons (Fsp3) is 0.350. The molecule has 1 fully saturated rings. The van der Waals surface area contributed by atoms with E-state index in [1.54, 1.807) is 0 Å². The third-order valence-electron chi connectivity index (χ3n) is 5.09. The van der Waals surface area contributed by atoms with Gasteiger partial charge in [-0.3, -0.25) is 14.9 Å². The third-order valence-corrected chi connectivity index (χ3v) is 7.00. The van der Waals surface area contributed by atoms with Crippen LogP contribution in [-0.4, -0.2) is 43.1 Å². The maximum Gasteiger partial charge on any atom is 0.269 e. The highest BCUT2D eigenvalue weighted by Crippen LogP contribution is 2.23. The number of ketones is 1. The second kappa shape index (κ2) is 8.71. The van der Waals surface area contributed by atoms with Crippen molar-refractivity contribution in [2.75, 3.05) is 25.0 Å². The minimum atomic E-state index is -3.54. The molecular weight excluding hydrogens is 394 g/mol. The lowest BCUT2D eigenvalue weighted by Gasteiger charge is -2.29. The van der Waals surface area contributed by atoms with Gasteiger partial charge in [-0.1, -0.05) is 6.92 Å². The van der Waals surface area contributed by atoms with Crippen LogP contribution in [0.15, 0.2) is 53.4 Å². The molecule has 1 N–H and O–H groups in total. The summed E-state index contributed by atoms with van der Waals surface area (Å²) in [7, 11) is -3.54. The summed E-state index contributed by atoms with van der Waals surface area (Å²) in [5.41, 5.74) is 0.954. The molecule has 1 aliphatic rings. The van der Waals surface area contributed by atoms with Crippen molar-refractivity contribution in [1.82, 2.24) is 4.31 Å². The number of carbonyl (C=O) groups excluding carboxylic acids is 1. The monoisotopic (exact) mass is 417 g/mol. The molecule has 2 aromatic carbocycles. The second-order valence-corrected chi connectivity index (χ2v) is 9.13. The van der Waals surface area contributed by atoms with Crippen LogP contribution in [0.4, 0.5) is 11.4 Å². The summed E-state index contributed by atoms with van der Waals surface area (Å²) in [6, 6.07) is 11.7. The average molecular weight is 417 g/mol. The zero-order valence-electron chi connectivity index (χ0n) is 16.1. The molecule has 8 nitrogen and oxygen atoms in total. The number of nitrogens with one attached hydrogen (secondary N) is 1. The Morgan fingerprint density at radius 3 is 2.24 bits per heavy atom. The van der Waals surface area contributed by atoms with Gasteiger partial charge in [-0.2, -0.15) is 4.31 Å². The largest absolute Gasteiger partial charge is 0.378 e. The van der Waals surface area contributed by atoms with E-state index >= 15 is 0 Å². The number of piperidine rings is 1. The van der Waals surface area contributed by atoms with Gasteiger partial charge in [0.1, 0.15) is 0 Å². The van der Waals surface area contributed by atoms with Gasteiger partial charge in [0.15, 0.2) is 5.78 Å². The lowest BCUT2D eigenvalue weighted by Crippen LogP contribution is -2.37. The molecule has 0 aliphatic carbocycles. The van der Waals surface area contributed by atoms with Crippen LogP contribution in [0.2, 0.25) is 0 Å².